The monoisotopic (exact) mass is 435 g/mol. The molecule has 8 heteroatoms. The van der Waals surface area contributed by atoms with Gasteiger partial charge in [0, 0.05) is 18.9 Å². The number of hydrogen-bond acceptors (Lipinski definition) is 3. The molecule has 4 N–H and O–H groups in total. The molecule has 2 saturated carbocycles. The molecule has 3 heterocycles. The van der Waals surface area contributed by atoms with E-state index in [-0.39, 0.29) is 29.4 Å². The number of nitrogens with zero attached hydrogens (tertiary/aromatic N) is 2. The minimum absolute atomic E-state index is 0. The first-order valence-corrected chi connectivity index (χ1v) is 10.5. The van der Waals surface area contributed by atoms with Crippen molar-refractivity contribution in [3.8, 4) is 0 Å². The van der Waals surface area contributed by atoms with Gasteiger partial charge in [0.25, 0.3) is 5.56 Å². The van der Waals surface area contributed by atoms with Crippen LogP contribution in [0.4, 0.5) is 10.1 Å². The molecule has 3 fully saturated rings. The fraction of sp³-hybridized carbons (Fsp3) is 0.545. The first-order valence-electron chi connectivity index (χ1n) is 10.5. The smallest absolute Gasteiger partial charge is 0.341 e. The topological polar surface area (TPSA) is 89.7 Å². The maximum Gasteiger partial charge on any atom is 0.341 e. The van der Waals surface area contributed by atoms with Crippen LogP contribution in [0.2, 0.25) is 0 Å². The lowest BCUT2D eigenvalue weighted by Gasteiger charge is -2.30. The van der Waals surface area contributed by atoms with E-state index >= 15 is 4.39 Å². The van der Waals surface area contributed by atoms with Gasteiger partial charge >= 0.3 is 5.97 Å². The van der Waals surface area contributed by atoms with E-state index in [0.29, 0.717) is 17.1 Å². The number of carbonyl (C=O) groups is 1. The van der Waals surface area contributed by atoms with Crippen LogP contribution in [0.15, 0.2) is 17.1 Å². The summed E-state index contributed by atoms with van der Waals surface area (Å²) in [5.41, 5.74) is 6.30. The molecule has 1 saturated heterocycles. The highest BCUT2D eigenvalue weighted by Gasteiger charge is 2.49. The molecule has 0 aromatic carbocycles. The van der Waals surface area contributed by atoms with Crippen molar-refractivity contribution in [2.45, 2.75) is 56.9 Å². The molecular weight excluding hydrogens is 409 g/mol. The molecule has 2 aromatic heterocycles. The summed E-state index contributed by atoms with van der Waals surface area (Å²) in [6.45, 7) is 3.37. The Morgan fingerprint density at radius 3 is 2.67 bits per heavy atom. The molecule has 5 rings (SSSR count). The van der Waals surface area contributed by atoms with Gasteiger partial charge in [0.2, 0.25) is 0 Å². The normalized spacial score (nSPS) is 25.8. The summed E-state index contributed by atoms with van der Waals surface area (Å²) in [6.07, 6.45) is 7.69. The van der Waals surface area contributed by atoms with Crippen molar-refractivity contribution < 1.29 is 32.4 Å². The number of carboxylic acid groups (broad SMARTS) is 1. The highest BCUT2D eigenvalue weighted by atomic mass is 35.5. The molecule has 3 aliphatic rings. The molecule has 6 nitrogen and oxygen atoms in total. The number of halogens is 2. The zero-order valence-corrected chi connectivity index (χ0v) is 17.8. The number of aromatic nitrogens is 1. The molecule has 2 atom stereocenters. The van der Waals surface area contributed by atoms with Crippen LogP contribution in [-0.4, -0.2) is 34.1 Å². The minimum Gasteiger partial charge on any atom is -1.00 e. The molecule has 1 aliphatic heterocycles. The van der Waals surface area contributed by atoms with Crippen molar-refractivity contribution in [1.82, 2.24) is 4.40 Å². The summed E-state index contributed by atoms with van der Waals surface area (Å²) in [5.74, 6) is -1.04. The first kappa shape index (κ1) is 21.1. The van der Waals surface area contributed by atoms with E-state index < -0.39 is 17.3 Å². The van der Waals surface area contributed by atoms with E-state index in [9.17, 15) is 14.7 Å². The second-order valence-electron chi connectivity index (χ2n) is 9.25. The Hall–Kier alpha value is -2.12. The van der Waals surface area contributed by atoms with Crippen LogP contribution in [0.1, 0.15) is 65.9 Å². The Labute approximate surface area is 180 Å². The number of rotatable bonds is 3. The number of pyridine rings is 2. The fourth-order valence-electron chi connectivity index (χ4n) is 5.64. The van der Waals surface area contributed by atoms with Gasteiger partial charge in [-0.2, -0.15) is 0 Å². The number of quaternary nitrogens is 1. The van der Waals surface area contributed by atoms with E-state index in [1.807, 2.05) is 6.92 Å². The summed E-state index contributed by atoms with van der Waals surface area (Å²) >= 11 is 0. The van der Waals surface area contributed by atoms with Crippen molar-refractivity contribution in [3.05, 3.63) is 45.1 Å². The van der Waals surface area contributed by atoms with Crippen LogP contribution in [-0.2, 0) is 0 Å². The first-order chi connectivity index (χ1) is 13.8. The third-order valence-electron chi connectivity index (χ3n) is 7.30. The SMILES string of the molecule is Cc1c(N2C[C@@H]3CCCC[C@]3([NH3+])C2)c(F)cn2c(=O)c(C(=O)O)cc(C3CC3)c12.[Cl-]. The van der Waals surface area contributed by atoms with E-state index in [1.165, 1.54) is 29.5 Å². The zero-order valence-electron chi connectivity index (χ0n) is 17.1. The van der Waals surface area contributed by atoms with Crippen molar-refractivity contribution in [1.29, 1.82) is 0 Å². The Bertz CT molecular complexity index is 1100. The molecule has 2 aliphatic carbocycles. The summed E-state index contributed by atoms with van der Waals surface area (Å²) < 4.78 is 16.5. The third-order valence-corrected chi connectivity index (χ3v) is 7.30. The van der Waals surface area contributed by atoms with Gasteiger partial charge in [-0.1, -0.05) is 6.42 Å². The van der Waals surface area contributed by atoms with Crippen molar-refractivity contribution >= 4 is 17.2 Å². The van der Waals surface area contributed by atoms with Gasteiger partial charge in [-0.3, -0.25) is 9.20 Å². The van der Waals surface area contributed by atoms with Crippen LogP contribution < -0.4 is 28.6 Å². The predicted molar refractivity (Wildman–Crippen MR) is 107 cm³/mol. The standard InChI is InChI=1S/C22H26FN3O3.ClH/c1-12-18-15(13-5-6-13)8-16(21(28)29)20(27)26(18)10-17(23)19(12)25-9-14-4-2-3-7-22(14,24)11-25;/h8,10,13-14H,2-7,9,11,24H2,1H3,(H,28,29);1H/t14-,22-;/m0./s1. The third kappa shape index (κ3) is 3.10. The number of carboxylic acids is 1. The fourth-order valence-corrected chi connectivity index (χ4v) is 5.64. The Kier molecular flexibility index (Phi) is 5.10. The van der Waals surface area contributed by atoms with Gasteiger partial charge in [0.05, 0.1) is 23.9 Å². The highest BCUT2D eigenvalue weighted by molar-refractivity contribution is 5.89. The van der Waals surface area contributed by atoms with Gasteiger partial charge < -0.3 is 28.1 Å². The number of hydrogen-bond donors (Lipinski definition) is 2. The van der Waals surface area contributed by atoms with E-state index in [4.69, 9.17) is 0 Å². The molecule has 0 bridgehead atoms. The lowest BCUT2D eigenvalue weighted by atomic mass is 9.76. The Balaban J connectivity index is 0.00000218. The summed E-state index contributed by atoms with van der Waals surface area (Å²) in [6, 6.07) is 1.51. The summed E-state index contributed by atoms with van der Waals surface area (Å²) in [7, 11) is 0. The second kappa shape index (κ2) is 7.24. The number of anilines is 1. The van der Waals surface area contributed by atoms with Crippen LogP contribution in [0.5, 0.6) is 0 Å². The number of fused-ring (bicyclic) bond motifs is 2. The molecule has 0 spiro atoms. The van der Waals surface area contributed by atoms with E-state index in [0.717, 1.165) is 49.9 Å². The van der Waals surface area contributed by atoms with Crippen LogP contribution in [0.25, 0.3) is 5.52 Å². The van der Waals surface area contributed by atoms with Crippen molar-refractivity contribution in [3.63, 3.8) is 0 Å². The van der Waals surface area contributed by atoms with Crippen LogP contribution in [0.3, 0.4) is 0 Å². The molecule has 162 valence electrons. The summed E-state index contributed by atoms with van der Waals surface area (Å²) in [5, 5.41) is 9.44. The quantitative estimate of drug-likeness (QED) is 0.668. The van der Waals surface area contributed by atoms with Crippen LogP contribution >= 0.6 is 0 Å². The molecule has 0 radical (unpaired) electrons. The average Bonchev–Trinajstić information content (AvgIpc) is 3.43. The minimum atomic E-state index is -1.27. The number of aryl methyl sites for hydroxylation is 1. The molecule has 30 heavy (non-hydrogen) atoms. The van der Waals surface area contributed by atoms with E-state index in [1.54, 1.807) is 0 Å². The molecule has 0 unspecified atom stereocenters. The lowest BCUT2D eigenvalue weighted by molar-refractivity contribution is -0.487. The zero-order chi connectivity index (χ0) is 20.5. The van der Waals surface area contributed by atoms with E-state index in [2.05, 4.69) is 10.6 Å². The summed E-state index contributed by atoms with van der Waals surface area (Å²) in [4.78, 5) is 26.4. The molecule has 2 aromatic rings. The molecule has 0 amide bonds. The van der Waals surface area contributed by atoms with Gasteiger partial charge in [0.1, 0.15) is 11.1 Å². The largest absolute Gasteiger partial charge is 1.00 e. The Morgan fingerprint density at radius 2 is 2.03 bits per heavy atom. The van der Waals surface area contributed by atoms with Crippen molar-refractivity contribution in [2.24, 2.45) is 5.92 Å². The van der Waals surface area contributed by atoms with Gasteiger partial charge in [-0.15, -0.1) is 0 Å². The van der Waals surface area contributed by atoms with Gasteiger partial charge in [-0.05, 0) is 55.7 Å². The second-order valence-corrected chi connectivity index (χ2v) is 9.25. The highest BCUT2D eigenvalue weighted by Crippen LogP contribution is 2.45. The maximum absolute atomic E-state index is 15.3. The molecular formula is C22H27ClFN3O3. The number of aromatic carboxylic acids is 1. The predicted octanol–water partition coefficient (Wildman–Crippen LogP) is -0.682. The Morgan fingerprint density at radius 1 is 1.30 bits per heavy atom. The van der Waals surface area contributed by atoms with Crippen molar-refractivity contribution in [2.75, 3.05) is 18.0 Å². The van der Waals surface area contributed by atoms with Gasteiger partial charge in [0.15, 0.2) is 5.82 Å². The maximum atomic E-state index is 15.3. The lowest BCUT2D eigenvalue weighted by Crippen LogP contribution is -3.00. The van der Waals surface area contributed by atoms with Crippen LogP contribution in [0, 0.1) is 18.7 Å². The average molecular weight is 436 g/mol. The van der Waals surface area contributed by atoms with Gasteiger partial charge in [-0.25, -0.2) is 9.18 Å².